The van der Waals surface area contributed by atoms with Crippen LogP contribution in [0.15, 0.2) is 51.6 Å². The molecule has 3 aliphatic rings. The molecule has 2 heterocycles. The number of fused-ring (bicyclic) bond motifs is 1. The number of rotatable bonds is 14. The molecule has 52 heavy (non-hydrogen) atoms. The van der Waals surface area contributed by atoms with Crippen LogP contribution in [0, 0.1) is 23.2 Å². The van der Waals surface area contributed by atoms with Crippen molar-refractivity contribution in [1.29, 1.82) is 5.26 Å². The summed E-state index contributed by atoms with van der Waals surface area (Å²) in [5.74, 6) is 0.415. The summed E-state index contributed by atoms with van der Waals surface area (Å²) >= 11 is 0. The highest BCUT2D eigenvalue weighted by atomic mass is 16.5. The Morgan fingerprint density at radius 3 is 2.58 bits per heavy atom. The molecule has 4 atom stereocenters. The summed E-state index contributed by atoms with van der Waals surface area (Å²) in [6.45, 7) is 9.39. The van der Waals surface area contributed by atoms with E-state index in [4.69, 9.17) is 9.51 Å². The minimum Gasteiger partial charge on any atom is -0.381 e. The molecule has 282 valence electrons. The number of aromatic nitrogens is 2. The summed E-state index contributed by atoms with van der Waals surface area (Å²) in [5, 5.41) is 13.1. The van der Waals surface area contributed by atoms with Crippen molar-refractivity contribution in [3.8, 4) is 6.07 Å². The van der Waals surface area contributed by atoms with Gasteiger partial charge in [-0.25, -0.2) is 4.79 Å². The minimum absolute atomic E-state index is 0.0353. The molecule has 11 nitrogen and oxygen atoms in total. The van der Waals surface area contributed by atoms with Crippen molar-refractivity contribution in [3.05, 3.63) is 75.3 Å². The van der Waals surface area contributed by atoms with Gasteiger partial charge >= 0.3 is 5.76 Å². The topological polar surface area (TPSA) is 128 Å². The summed E-state index contributed by atoms with van der Waals surface area (Å²) < 4.78 is 7.88. The number of hydrogen-bond donors (Lipinski definition) is 1. The zero-order valence-corrected chi connectivity index (χ0v) is 32.2. The molecule has 1 aromatic heterocycles. The smallest absolute Gasteiger partial charge is 0.381 e. The van der Waals surface area contributed by atoms with Gasteiger partial charge in [0.25, 0.3) is 5.91 Å². The van der Waals surface area contributed by atoms with E-state index in [1.807, 2.05) is 16.9 Å². The van der Waals surface area contributed by atoms with Gasteiger partial charge in [-0.2, -0.15) is 15.0 Å². The van der Waals surface area contributed by atoms with Gasteiger partial charge in [-0.05, 0) is 106 Å². The molecular formula is C41H59N7O4. The van der Waals surface area contributed by atoms with Crippen molar-refractivity contribution in [3.63, 3.8) is 0 Å². The Kier molecular flexibility index (Phi) is 12.8. The standard InChI is InChI=1S/C41H59N7O4/c1-8-13-31(29(3)45(4)5)22-30-17-18-32-23-33(38(50)46(6)7)19-20-36(32)41(25-30,39-44-40(51)52-48(39)34-14-10-9-11-15-34)24-28(2)43-27-37(49)47-21-12-16-35(47)26-42/h16,19-20,23,28,30-31,34,43H,3,8-15,17-18,21-22,24-25,27H2,1-2,4-7H3/t28-,30+,31+,41?/m1/s1. The predicted octanol–water partition coefficient (Wildman–Crippen LogP) is 6.17. The van der Waals surface area contributed by atoms with Crippen LogP contribution in [0.5, 0.6) is 0 Å². The number of nitrogens with one attached hydrogen (secondary N) is 1. The Morgan fingerprint density at radius 1 is 1.15 bits per heavy atom. The van der Waals surface area contributed by atoms with E-state index in [2.05, 4.69) is 56.9 Å². The van der Waals surface area contributed by atoms with Crippen LogP contribution in [0.2, 0.25) is 0 Å². The first kappa shape index (κ1) is 39.0. The van der Waals surface area contributed by atoms with Crippen molar-refractivity contribution >= 4 is 11.8 Å². The highest BCUT2D eigenvalue weighted by molar-refractivity contribution is 5.94. The zero-order valence-electron chi connectivity index (χ0n) is 32.2. The first-order chi connectivity index (χ1) is 24.9. The summed E-state index contributed by atoms with van der Waals surface area (Å²) in [5.41, 5.74) is 3.56. The Bertz CT molecular complexity index is 1730. The van der Waals surface area contributed by atoms with E-state index in [9.17, 15) is 19.6 Å². The molecule has 0 bridgehead atoms. The van der Waals surface area contributed by atoms with Gasteiger partial charge in [0.2, 0.25) is 5.91 Å². The van der Waals surface area contributed by atoms with Gasteiger partial charge in [-0.15, -0.1) is 0 Å². The van der Waals surface area contributed by atoms with Gasteiger partial charge in [0.05, 0.1) is 18.0 Å². The second-order valence-corrected chi connectivity index (χ2v) is 15.8. The second-order valence-electron chi connectivity index (χ2n) is 15.8. The van der Waals surface area contributed by atoms with Gasteiger partial charge in [0.15, 0.2) is 5.82 Å². The van der Waals surface area contributed by atoms with Crippen molar-refractivity contribution in [2.75, 3.05) is 41.3 Å². The summed E-state index contributed by atoms with van der Waals surface area (Å²) in [6, 6.07) is 8.06. The number of allylic oxidation sites excluding steroid dienone is 2. The number of aryl methyl sites for hydroxylation is 1. The van der Waals surface area contributed by atoms with Crippen LogP contribution in [-0.4, -0.2) is 83.6 Å². The molecule has 11 heteroatoms. The average molecular weight is 714 g/mol. The van der Waals surface area contributed by atoms with Crippen molar-refractivity contribution in [2.45, 2.75) is 115 Å². The van der Waals surface area contributed by atoms with Crippen molar-refractivity contribution in [1.82, 2.24) is 29.7 Å². The van der Waals surface area contributed by atoms with Crippen LogP contribution in [0.3, 0.4) is 0 Å². The molecule has 2 amide bonds. The van der Waals surface area contributed by atoms with Crippen LogP contribution in [0.25, 0.3) is 0 Å². The van der Waals surface area contributed by atoms with Crippen molar-refractivity contribution in [2.24, 2.45) is 11.8 Å². The molecule has 5 rings (SSSR count). The number of nitrogens with zero attached hydrogens (tertiary/aromatic N) is 6. The maximum Gasteiger partial charge on any atom is 0.459 e. The van der Waals surface area contributed by atoms with Gasteiger partial charge in [-0.3, -0.25) is 9.59 Å². The molecule has 1 fully saturated rings. The van der Waals surface area contributed by atoms with E-state index < -0.39 is 11.2 Å². The molecule has 2 aromatic rings. The highest BCUT2D eigenvalue weighted by Crippen LogP contribution is 2.49. The van der Waals surface area contributed by atoms with E-state index in [-0.39, 0.29) is 36.4 Å². The lowest BCUT2D eigenvalue weighted by Gasteiger charge is -2.40. The molecule has 1 saturated carbocycles. The molecule has 0 spiro atoms. The Balaban J connectivity index is 1.63. The van der Waals surface area contributed by atoms with Gasteiger partial charge in [0.1, 0.15) is 11.8 Å². The quantitative estimate of drug-likeness (QED) is 0.230. The minimum atomic E-state index is -0.753. The lowest BCUT2D eigenvalue weighted by Crippen LogP contribution is -2.44. The zero-order chi connectivity index (χ0) is 37.6. The molecular weight excluding hydrogens is 654 g/mol. The molecule has 2 aliphatic carbocycles. The molecule has 0 radical (unpaired) electrons. The number of carbonyl (C=O) groups is 2. The van der Waals surface area contributed by atoms with Gasteiger partial charge < -0.3 is 24.5 Å². The molecule has 1 aromatic carbocycles. The molecule has 1 unspecified atom stereocenters. The van der Waals surface area contributed by atoms with Crippen LogP contribution in [0.1, 0.15) is 124 Å². The first-order valence-electron chi connectivity index (χ1n) is 19.3. The fourth-order valence-corrected chi connectivity index (χ4v) is 9.00. The van der Waals surface area contributed by atoms with Crippen molar-refractivity contribution < 1.29 is 14.1 Å². The third kappa shape index (κ3) is 8.54. The SMILES string of the molecule is C=C([C@@H](CCC)C[C@@H]1CCc2cc(C(=O)N(C)C)ccc2C(C[C@@H](C)NCC(=O)N2CCC=C2C#N)(c2nc(=O)on2C2CCCCC2)C1)N(C)C. The van der Waals surface area contributed by atoms with Crippen LogP contribution in [0.4, 0.5) is 0 Å². The highest BCUT2D eigenvalue weighted by Gasteiger charge is 2.47. The third-order valence-electron chi connectivity index (χ3n) is 11.6. The lowest BCUT2D eigenvalue weighted by molar-refractivity contribution is -0.127. The molecule has 1 N–H and O–H groups in total. The number of amides is 2. The van der Waals surface area contributed by atoms with Gasteiger partial charge in [0, 0.05) is 52.0 Å². The van der Waals surface area contributed by atoms with E-state index in [0.717, 1.165) is 87.5 Å². The van der Waals surface area contributed by atoms with Gasteiger partial charge in [-0.1, -0.05) is 45.3 Å². The van der Waals surface area contributed by atoms with Crippen LogP contribution in [-0.2, 0) is 16.6 Å². The van der Waals surface area contributed by atoms with E-state index in [1.165, 1.54) is 0 Å². The van der Waals surface area contributed by atoms with E-state index in [1.54, 1.807) is 30.0 Å². The maximum absolute atomic E-state index is 13.3. The lowest BCUT2D eigenvalue weighted by atomic mass is 9.67. The summed E-state index contributed by atoms with van der Waals surface area (Å²) in [6.07, 6.45) is 13.6. The van der Waals surface area contributed by atoms with E-state index in [0.29, 0.717) is 42.4 Å². The third-order valence-corrected chi connectivity index (χ3v) is 11.6. The summed E-state index contributed by atoms with van der Waals surface area (Å²) in [4.78, 5) is 50.0. The Labute approximate surface area is 309 Å². The normalized spacial score (nSPS) is 21.8. The fraction of sp³-hybridized carbons (Fsp3) is 0.634. The monoisotopic (exact) mass is 713 g/mol. The van der Waals surface area contributed by atoms with E-state index >= 15 is 0 Å². The largest absolute Gasteiger partial charge is 0.459 e. The first-order valence-corrected chi connectivity index (χ1v) is 19.3. The fourth-order valence-electron chi connectivity index (χ4n) is 9.00. The van der Waals surface area contributed by atoms with Crippen LogP contribution < -0.4 is 11.1 Å². The number of benzene rings is 1. The van der Waals surface area contributed by atoms with Crippen LogP contribution >= 0.6 is 0 Å². The molecule has 1 aliphatic heterocycles. The average Bonchev–Trinajstić information content (AvgIpc) is 3.75. The second kappa shape index (κ2) is 17.1. The summed E-state index contributed by atoms with van der Waals surface area (Å²) in [7, 11) is 7.66. The Morgan fingerprint density at radius 2 is 1.90 bits per heavy atom. The molecule has 0 saturated heterocycles. The number of nitriles is 1. The predicted molar refractivity (Wildman–Crippen MR) is 203 cm³/mol. The number of carbonyl (C=O) groups excluding carboxylic acids is 2. The maximum atomic E-state index is 13.3. The number of hydrogen-bond acceptors (Lipinski definition) is 8. The Hall–Kier alpha value is -4.17.